The summed E-state index contributed by atoms with van der Waals surface area (Å²) in [6.45, 7) is 0. The highest BCUT2D eigenvalue weighted by molar-refractivity contribution is 9.10. The molecular formula is C8H5BrF2O3. The van der Waals surface area contributed by atoms with E-state index in [4.69, 9.17) is 10.2 Å². The van der Waals surface area contributed by atoms with Crippen LogP contribution in [0.2, 0.25) is 0 Å². The Hall–Kier alpha value is -1.17. The van der Waals surface area contributed by atoms with E-state index in [9.17, 15) is 13.6 Å². The highest BCUT2D eigenvalue weighted by atomic mass is 79.9. The van der Waals surface area contributed by atoms with E-state index in [1.165, 1.54) is 0 Å². The Morgan fingerprint density at radius 3 is 2.50 bits per heavy atom. The first-order chi connectivity index (χ1) is 6.43. The van der Waals surface area contributed by atoms with Crippen molar-refractivity contribution in [2.75, 3.05) is 0 Å². The number of rotatable bonds is 2. The van der Waals surface area contributed by atoms with Crippen LogP contribution in [0.3, 0.4) is 0 Å². The van der Waals surface area contributed by atoms with E-state index in [2.05, 4.69) is 15.9 Å². The second-order valence-electron chi connectivity index (χ2n) is 2.56. The third kappa shape index (κ3) is 2.01. The van der Waals surface area contributed by atoms with Crippen molar-refractivity contribution in [1.82, 2.24) is 0 Å². The van der Waals surface area contributed by atoms with E-state index in [-0.39, 0.29) is 10.0 Å². The van der Waals surface area contributed by atoms with Gasteiger partial charge in [-0.2, -0.15) is 4.39 Å². The number of carboxylic acid groups (broad SMARTS) is 1. The van der Waals surface area contributed by atoms with Gasteiger partial charge in [-0.3, -0.25) is 4.79 Å². The second kappa shape index (κ2) is 3.91. The van der Waals surface area contributed by atoms with Gasteiger partial charge in [0.1, 0.15) is 0 Å². The number of hydrogen-bond donors (Lipinski definition) is 2. The molecule has 1 aromatic rings. The molecule has 0 radical (unpaired) electrons. The Morgan fingerprint density at radius 1 is 1.43 bits per heavy atom. The van der Waals surface area contributed by atoms with Gasteiger partial charge in [0.25, 0.3) is 0 Å². The summed E-state index contributed by atoms with van der Waals surface area (Å²) in [5.41, 5.74) is -0.320. The van der Waals surface area contributed by atoms with Gasteiger partial charge in [-0.05, 0) is 22.0 Å². The molecule has 0 saturated carbocycles. The molecule has 0 aromatic heterocycles. The molecule has 0 atom stereocenters. The normalized spacial score (nSPS) is 10.2. The zero-order valence-electron chi connectivity index (χ0n) is 6.72. The van der Waals surface area contributed by atoms with E-state index < -0.39 is 29.8 Å². The molecule has 0 aliphatic carbocycles. The fourth-order valence-corrected chi connectivity index (χ4v) is 1.38. The Bertz CT molecular complexity index is 393. The first-order valence-electron chi connectivity index (χ1n) is 3.50. The number of phenols is 1. The molecule has 0 saturated heterocycles. The van der Waals surface area contributed by atoms with Crippen molar-refractivity contribution in [3.63, 3.8) is 0 Å². The summed E-state index contributed by atoms with van der Waals surface area (Å²) in [6.07, 6.45) is -0.637. The largest absolute Gasteiger partial charge is 0.504 e. The molecule has 0 unspecified atom stereocenters. The van der Waals surface area contributed by atoms with Crippen LogP contribution in [0.5, 0.6) is 5.75 Å². The van der Waals surface area contributed by atoms with Crippen LogP contribution in [0.4, 0.5) is 8.78 Å². The monoisotopic (exact) mass is 266 g/mol. The Labute approximate surface area is 86.1 Å². The number of phenolic OH excluding ortho intramolecular Hbond substituents is 1. The van der Waals surface area contributed by atoms with Gasteiger partial charge in [-0.1, -0.05) is 0 Å². The van der Waals surface area contributed by atoms with Crippen LogP contribution in [-0.2, 0) is 11.2 Å². The average molecular weight is 267 g/mol. The molecule has 0 bridgehead atoms. The fraction of sp³-hybridized carbons (Fsp3) is 0.125. The molecule has 14 heavy (non-hydrogen) atoms. The van der Waals surface area contributed by atoms with Crippen molar-refractivity contribution >= 4 is 21.9 Å². The van der Waals surface area contributed by atoms with Gasteiger partial charge in [0, 0.05) is 5.56 Å². The van der Waals surface area contributed by atoms with E-state index >= 15 is 0 Å². The van der Waals surface area contributed by atoms with Crippen LogP contribution in [0.1, 0.15) is 5.56 Å². The van der Waals surface area contributed by atoms with Crippen molar-refractivity contribution in [2.24, 2.45) is 0 Å². The lowest BCUT2D eigenvalue weighted by molar-refractivity contribution is -0.136. The quantitative estimate of drug-likeness (QED) is 0.806. The summed E-state index contributed by atoms with van der Waals surface area (Å²) < 4.78 is 25.8. The Balaban J connectivity index is 3.25. The maximum Gasteiger partial charge on any atom is 0.307 e. The lowest BCUT2D eigenvalue weighted by atomic mass is 10.1. The van der Waals surface area contributed by atoms with Crippen LogP contribution >= 0.6 is 15.9 Å². The van der Waals surface area contributed by atoms with Crippen LogP contribution < -0.4 is 0 Å². The van der Waals surface area contributed by atoms with Gasteiger partial charge in [-0.25, -0.2) is 4.39 Å². The van der Waals surface area contributed by atoms with Crippen molar-refractivity contribution in [1.29, 1.82) is 0 Å². The van der Waals surface area contributed by atoms with Gasteiger partial charge in [0.2, 0.25) is 5.82 Å². The molecule has 0 fully saturated rings. The number of carboxylic acids is 1. The third-order valence-electron chi connectivity index (χ3n) is 1.55. The van der Waals surface area contributed by atoms with Crippen LogP contribution in [-0.4, -0.2) is 16.2 Å². The number of hydrogen-bond acceptors (Lipinski definition) is 2. The molecule has 0 heterocycles. The Morgan fingerprint density at radius 2 is 2.00 bits per heavy atom. The van der Waals surface area contributed by atoms with Crippen molar-refractivity contribution < 1.29 is 23.8 Å². The summed E-state index contributed by atoms with van der Waals surface area (Å²) in [7, 11) is 0. The van der Waals surface area contributed by atoms with Crippen molar-refractivity contribution in [3.05, 3.63) is 27.7 Å². The van der Waals surface area contributed by atoms with E-state index in [1.54, 1.807) is 0 Å². The van der Waals surface area contributed by atoms with Gasteiger partial charge < -0.3 is 10.2 Å². The molecule has 0 aliphatic rings. The molecule has 0 aliphatic heterocycles. The smallest absolute Gasteiger partial charge is 0.307 e. The van der Waals surface area contributed by atoms with Crippen molar-refractivity contribution in [3.8, 4) is 5.75 Å². The first-order valence-corrected chi connectivity index (χ1v) is 4.30. The zero-order valence-corrected chi connectivity index (χ0v) is 8.31. The highest BCUT2D eigenvalue weighted by Gasteiger charge is 2.18. The minimum atomic E-state index is -1.45. The molecular weight excluding hydrogens is 262 g/mol. The molecule has 1 rings (SSSR count). The standard InChI is InChI=1S/C8H5BrF2O3/c9-4-1-3(2-5(12)13)6(10)7(11)8(4)14/h1,14H,2H2,(H,12,13). The van der Waals surface area contributed by atoms with Crippen LogP contribution in [0.15, 0.2) is 10.5 Å². The van der Waals surface area contributed by atoms with E-state index in [0.29, 0.717) is 0 Å². The number of carbonyl (C=O) groups is 1. The van der Waals surface area contributed by atoms with Gasteiger partial charge in [0.05, 0.1) is 10.9 Å². The fourth-order valence-electron chi connectivity index (χ4n) is 0.926. The summed E-state index contributed by atoms with van der Waals surface area (Å²) in [4.78, 5) is 10.3. The van der Waals surface area contributed by atoms with Gasteiger partial charge >= 0.3 is 5.97 Å². The molecule has 3 nitrogen and oxygen atoms in total. The topological polar surface area (TPSA) is 57.5 Å². The maximum atomic E-state index is 13.0. The minimum Gasteiger partial charge on any atom is -0.504 e. The van der Waals surface area contributed by atoms with E-state index in [0.717, 1.165) is 6.07 Å². The average Bonchev–Trinajstić information content (AvgIpc) is 2.10. The molecule has 0 amide bonds. The summed E-state index contributed by atoms with van der Waals surface area (Å²) >= 11 is 2.77. The maximum absolute atomic E-state index is 13.0. The number of aromatic hydroxyl groups is 1. The molecule has 76 valence electrons. The molecule has 6 heteroatoms. The van der Waals surface area contributed by atoms with Crippen molar-refractivity contribution in [2.45, 2.75) is 6.42 Å². The third-order valence-corrected chi connectivity index (χ3v) is 2.16. The van der Waals surface area contributed by atoms with Crippen LogP contribution in [0.25, 0.3) is 0 Å². The van der Waals surface area contributed by atoms with Crippen LogP contribution in [0, 0.1) is 11.6 Å². The summed E-state index contributed by atoms with van der Waals surface area (Å²) in [5, 5.41) is 17.3. The predicted octanol–water partition coefficient (Wildman–Crippen LogP) is 2.06. The number of aliphatic carboxylic acids is 1. The van der Waals surface area contributed by atoms with E-state index in [1.807, 2.05) is 0 Å². The number of benzene rings is 1. The SMILES string of the molecule is O=C(O)Cc1cc(Br)c(O)c(F)c1F. The molecule has 0 spiro atoms. The highest BCUT2D eigenvalue weighted by Crippen LogP contribution is 2.30. The second-order valence-corrected chi connectivity index (χ2v) is 3.42. The molecule has 1 aromatic carbocycles. The summed E-state index contributed by atoms with van der Waals surface area (Å²) in [6, 6.07) is 1.03. The lowest BCUT2D eigenvalue weighted by Crippen LogP contribution is -2.04. The predicted molar refractivity (Wildman–Crippen MR) is 47.1 cm³/mol. The van der Waals surface area contributed by atoms with Gasteiger partial charge in [-0.15, -0.1) is 0 Å². The van der Waals surface area contributed by atoms with Gasteiger partial charge in [0.15, 0.2) is 11.6 Å². The minimum absolute atomic E-state index is 0.0762. The zero-order chi connectivity index (χ0) is 10.9. The Kier molecular flexibility index (Phi) is 3.05. The molecule has 2 N–H and O–H groups in total. The first kappa shape index (κ1) is 10.9. The lowest BCUT2D eigenvalue weighted by Gasteiger charge is -2.04. The number of halogens is 3. The summed E-state index contributed by atoms with van der Waals surface area (Å²) in [5.74, 6) is -4.93.